The number of ether oxygens (including phenoxy) is 2. The van der Waals surface area contributed by atoms with Crippen LogP contribution >= 0.6 is 0 Å². The Hall–Kier alpha value is -3.94. The van der Waals surface area contributed by atoms with Gasteiger partial charge in [0.1, 0.15) is 17.5 Å². The van der Waals surface area contributed by atoms with Gasteiger partial charge >= 0.3 is 0 Å². The fourth-order valence-electron chi connectivity index (χ4n) is 4.41. The molecule has 36 heavy (non-hydrogen) atoms. The van der Waals surface area contributed by atoms with Crippen molar-refractivity contribution >= 4 is 17.5 Å². The minimum absolute atomic E-state index is 0.00697. The van der Waals surface area contributed by atoms with Gasteiger partial charge in [0, 0.05) is 5.56 Å². The lowest BCUT2D eigenvalue weighted by atomic mass is 9.86. The van der Waals surface area contributed by atoms with Gasteiger partial charge < -0.3 is 18.8 Å². The zero-order chi connectivity index (χ0) is 25.7. The Balaban J connectivity index is 1.72. The highest BCUT2D eigenvalue weighted by atomic mass is 19.1. The van der Waals surface area contributed by atoms with Crippen molar-refractivity contribution in [2.24, 2.45) is 5.92 Å². The van der Waals surface area contributed by atoms with Crippen molar-refractivity contribution in [3.8, 4) is 11.5 Å². The minimum atomic E-state index is -1.31. The van der Waals surface area contributed by atoms with Crippen molar-refractivity contribution in [1.82, 2.24) is 4.90 Å². The molecule has 7 nitrogen and oxygen atoms in total. The number of rotatable bonds is 11. The average Bonchev–Trinajstić information content (AvgIpc) is 3.49. The van der Waals surface area contributed by atoms with Crippen LogP contribution in [-0.2, 0) is 16.1 Å². The molecule has 1 aliphatic heterocycles. The molecule has 2 aromatic carbocycles. The number of benzene rings is 2. The highest BCUT2D eigenvalue weighted by Crippen LogP contribution is 2.42. The highest BCUT2D eigenvalue weighted by Gasteiger charge is 2.52. The van der Waals surface area contributed by atoms with E-state index in [0.29, 0.717) is 29.4 Å². The summed E-state index contributed by atoms with van der Waals surface area (Å²) in [6.45, 7) is 2.64. The predicted molar refractivity (Wildman–Crippen MR) is 129 cm³/mol. The third kappa shape index (κ3) is 5.17. The van der Waals surface area contributed by atoms with Crippen molar-refractivity contribution in [3.05, 3.63) is 83.6 Å². The number of furan rings is 1. The molecule has 1 saturated heterocycles. The zero-order valence-electron chi connectivity index (χ0n) is 20.2. The molecule has 1 amide bonds. The van der Waals surface area contributed by atoms with E-state index in [1.807, 2.05) is 0 Å². The van der Waals surface area contributed by atoms with E-state index in [4.69, 9.17) is 13.9 Å². The van der Waals surface area contributed by atoms with E-state index in [2.05, 4.69) is 6.92 Å². The Morgan fingerprint density at radius 2 is 1.83 bits per heavy atom. The predicted octanol–water partition coefficient (Wildman–Crippen LogP) is 5.15. The summed E-state index contributed by atoms with van der Waals surface area (Å²) in [6, 6.07) is 12.5. The second-order valence-electron chi connectivity index (χ2n) is 8.64. The van der Waals surface area contributed by atoms with Gasteiger partial charge in [-0.15, -0.1) is 0 Å². The quantitative estimate of drug-likeness (QED) is 0.159. The van der Waals surface area contributed by atoms with Crippen LogP contribution in [0.1, 0.15) is 53.9 Å². The fourth-order valence-corrected chi connectivity index (χ4v) is 4.41. The van der Waals surface area contributed by atoms with Gasteiger partial charge in [0.2, 0.25) is 5.78 Å². The Kier molecular flexibility index (Phi) is 7.83. The number of amides is 1. The summed E-state index contributed by atoms with van der Waals surface area (Å²) in [7, 11) is 1.50. The van der Waals surface area contributed by atoms with Crippen LogP contribution in [0.3, 0.4) is 0 Å². The van der Waals surface area contributed by atoms with Crippen LogP contribution in [0.25, 0.3) is 0 Å². The Bertz CT molecular complexity index is 1220. The van der Waals surface area contributed by atoms with Gasteiger partial charge in [-0.3, -0.25) is 14.4 Å². The van der Waals surface area contributed by atoms with Crippen molar-refractivity contribution in [3.63, 3.8) is 0 Å². The highest BCUT2D eigenvalue weighted by molar-refractivity contribution is 6.44. The molecule has 2 atom stereocenters. The first-order valence-electron chi connectivity index (χ1n) is 11.9. The standard InChI is InChI=1S/C28H28FNO6/c1-3-4-5-14-36-22-13-10-19(16-23(22)34-2)25-24(26(31)18-8-11-20(29)12-9-18)27(32)28(33)30(25)17-21-7-6-15-35-21/h6-13,15-16,24-25H,3-5,14,17H2,1-2H3. The van der Waals surface area contributed by atoms with E-state index in [1.54, 1.807) is 30.3 Å². The molecule has 2 unspecified atom stereocenters. The summed E-state index contributed by atoms with van der Waals surface area (Å²) >= 11 is 0. The monoisotopic (exact) mass is 493 g/mol. The smallest absolute Gasteiger partial charge is 0.291 e. The van der Waals surface area contributed by atoms with Crippen molar-refractivity contribution in [2.75, 3.05) is 13.7 Å². The van der Waals surface area contributed by atoms with E-state index in [-0.39, 0.29) is 12.1 Å². The van der Waals surface area contributed by atoms with Gasteiger partial charge in [0.05, 0.1) is 32.6 Å². The first-order valence-corrected chi connectivity index (χ1v) is 11.9. The normalized spacial score (nSPS) is 17.5. The molecule has 8 heteroatoms. The number of nitrogens with zero attached hydrogens (tertiary/aromatic N) is 1. The number of carbonyl (C=O) groups excluding carboxylic acids is 3. The first-order chi connectivity index (χ1) is 17.4. The number of hydrogen-bond donors (Lipinski definition) is 0. The van der Waals surface area contributed by atoms with E-state index in [0.717, 1.165) is 31.4 Å². The number of ketones is 2. The van der Waals surface area contributed by atoms with Crippen molar-refractivity contribution < 1.29 is 32.7 Å². The van der Waals surface area contributed by atoms with E-state index in [9.17, 15) is 18.8 Å². The molecule has 1 aromatic heterocycles. The maximum absolute atomic E-state index is 13.5. The maximum atomic E-state index is 13.5. The number of halogens is 1. The summed E-state index contributed by atoms with van der Waals surface area (Å²) in [5.74, 6) is -2.53. The summed E-state index contributed by atoms with van der Waals surface area (Å²) < 4.78 is 30.3. The van der Waals surface area contributed by atoms with Gasteiger partial charge in [0.25, 0.3) is 5.91 Å². The summed E-state index contributed by atoms with van der Waals surface area (Å²) in [5, 5.41) is 0. The molecule has 3 aromatic rings. The Morgan fingerprint density at radius 3 is 2.50 bits per heavy atom. The number of Topliss-reactive ketones (excluding diaryl/α,β-unsaturated/α-hetero) is 2. The lowest BCUT2D eigenvalue weighted by Gasteiger charge is -2.27. The molecule has 0 saturated carbocycles. The lowest BCUT2D eigenvalue weighted by molar-refractivity contribution is -0.141. The van der Waals surface area contributed by atoms with E-state index in [1.165, 1.54) is 30.4 Å². The van der Waals surface area contributed by atoms with Crippen molar-refractivity contribution in [2.45, 2.75) is 38.8 Å². The van der Waals surface area contributed by atoms with Gasteiger partial charge in [-0.1, -0.05) is 25.8 Å². The number of carbonyl (C=O) groups is 3. The minimum Gasteiger partial charge on any atom is -0.493 e. The molecular weight excluding hydrogens is 465 g/mol. The van der Waals surface area contributed by atoms with Gasteiger partial charge in [-0.25, -0.2) is 4.39 Å². The number of unbranched alkanes of at least 4 members (excludes halogenated alkanes) is 2. The summed E-state index contributed by atoms with van der Waals surface area (Å²) in [5.41, 5.74) is 0.689. The SMILES string of the molecule is CCCCCOc1ccc(C2C(C(=O)c3ccc(F)cc3)C(=O)C(=O)N2Cc2ccco2)cc1OC. The Morgan fingerprint density at radius 1 is 1.06 bits per heavy atom. The number of likely N-dealkylation sites (tertiary alicyclic amines) is 1. The molecule has 0 aliphatic carbocycles. The third-order valence-corrected chi connectivity index (χ3v) is 6.26. The molecule has 0 bridgehead atoms. The fraction of sp³-hybridized carbons (Fsp3) is 0.321. The molecule has 188 valence electrons. The van der Waals surface area contributed by atoms with E-state index >= 15 is 0 Å². The molecule has 0 spiro atoms. The summed E-state index contributed by atoms with van der Waals surface area (Å²) in [4.78, 5) is 41.1. The topological polar surface area (TPSA) is 86.1 Å². The van der Waals surface area contributed by atoms with Gasteiger partial charge in [-0.2, -0.15) is 0 Å². The molecule has 4 rings (SSSR count). The zero-order valence-corrected chi connectivity index (χ0v) is 20.2. The second-order valence-corrected chi connectivity index (χ2v) is 8.64. The molecule has 0 N–H and O–H groups in total. The lowest BCUT2D eigenvalue weighted by Crippen LogP contribution is -2.30. The molecule has 1 fully saturated rings. The maximum Gasteiger partial charge on any atom is 0.291 e. The van der Waals surface area contributed by atoms with Crippen LogP contribution in [-0.4, -0.2) is 36.1 Å². The first kappa shape index (κ1) is 25.2. The van der Waals surface area contributed by atoms with E-state index < -0.39 is 35.3 Å². The van der Waals surface area contributed by atoms with Crippen LogP contribution in [0.15, 0.2) is 65.3 Å². The second kappa shape index (κ2) is 11.2. The van der Waals surface area contributed by atoms with Gasteiger partial charge in [-0.05, 0) is 60.5 Å². The van der Waals surface area contributed by atoms with Crippen LogP contribution in [0, 0.1) is 11.7 Å². The van der Waals surface area contributed by atoms with Crippen LogP contribution < -0.4 is 9.47 Å². The van der Waals surface area contributed by atoms with Crippen molar-refractivity contribution in [1.29, 1.82) is 0 Å². The molecule has 1 aliphatic rings. The summed E-state index contributed by atoms with van der Waals surface area (Å²) in [6.07, 6.45) is 4.49. The number of hydrogen-bond acceptors (Lipinski definition) is 6. The van der Waals surface area contributed by atoms with Crippen LogP contribution in [0.4, 0.5) is 4.39 Å². The van der Waals surface area contributed by atoms with Gasteiger partial charge in [0.15, 0.2) is 17.3 Å². The Labute approximate surface area is 208 Å². The third-order valence-electron chi connectivity index (χ3n) is 6.26. The van der Waals surface area contributed by atoms with Crippen LogP contribution in [0.2, 0.25) is 0 Å². The molecular formula is C28H28FNO6. The largest absolute Gasteiger partial charge is 0.493 e. The number of methoxy groups -OCH3 is 1. The molecule has 2 heterocycles. The molecule has 0 radical (unpaired) electrons. The van der Waals surface area contributed by atoms with Crippen LogP contribution in [0.5, 0.6) is 11.5 Å². The average molecular weight is 494 g/mol.